The summed E-state index contributed by atoms with van der Waals surface area (Å²) in [5, 5.41) is 0. The maximum atomic E-state index is 4.82. The second-order valence-corrected chi connectivity index (χ2v) is 6.85. The molecule has 0 radical (unpaired) electrons. The Bertz CT molecular complexity index is 757. The minimum Gasteiger partial charge on any atom is -0.341 e. The molecule has 1 aromatic heterocycles. The van der Waals surface area contributed by atoms with Crippen molar-refractivity contribution in [3.05, 3.63) is 60.2 Å². The van der Waals surface area contributed by atoms with Crippen LogP contribution in [0.25, 0.3) is 11.0 Å². The van der Waals surface area contributed by atoms with Gasteiger partial charge < -0.3 is 14.8 Å². The Labute approximate surface area is 149 Å². The molecule has 4 rings (SSSR count). The first-order chi connectivity index (χ1) is 12.4. The Morgan fingerprint density at radius 3 is 2.48 bits per heavy atom. The van der Waals surface area contributed by atoms with Gasteiger partial charge >= 0.3 is 0 Å². The summed E-state index contributed by atoms with van der Waals surface area (Å²) in [6.07, 6.45) is 3.72. The van der Waals surface area contributed by atoms with Crippen LogP contribution < -0.4 is 4.90 Å². The number of para-hydroxylation sites is 2. The molecule has 130 valence electrons. The number of nitrogens with one attached hydrogen (secondary N) is 1. The van der Waals surface area contributed by atoms with Crippen molar-refractivity contribution in [2.45, 2.75) is 19.3 Å². The summed E-state index contributed by atoms with van der Waals surface area (Å²) in [5.74, 6) is 0.997. The van der Waals surface area contributed by atoms with Gasteiger partial charge in [-0.25, -0.2) is 4.98 Å². The van der Waals surface area contributed by atoms with Crippen molar-refractivity contribution in [2.24, 2.45) is 0 Å². The van der Waals surface area contributed by atoms with Gasteiger partial charge in [0.25, 0.3) is 0 Å². The average Bonchev–Trinajstić information content (AvgIpc) is 3.32. The molecule has 3 aromatic rings. The number of hydrogen-bond donors (Lipinski definition) is 1. The Hall–Kier alpha value is -2.33. The van der Waals surface area contributed by atoms with Gasteiger partial charge in [-0.1, -0.05) is 42.5 Å². The maximum absolute atomic E-state index is 4.82. The van der Waals surface area contributed by atoms with E-state index in [1.54, 1.807) is 0 Å². The minimum atomic E-state index is 0.984. The number of nitrogens with zero attached hydrogens (tertiary/aromatic N) is 3. The molecule has 4 heteroatoms. The zero-order chi connectivity index (χ0) is 16.9. The molecule has 1 aliphatic rings. The van der Waals surface area contributed by atoms with Gasteiger partial charge in [0.1, 0.15) is 0 Å². The summed E-state index contributed by atoms with van der Waals surface area (Å²) in [5.41, 5.74) is 3.54. The third-order valence-corrected chi connectivity index (χ3v) is 5.07. The van der Waals surface area contributed by atoms with E-state index in [0.717, 1.165) is 43.0 Å². The number of benzene rings is 2. The zero-order valence-electron chi connectivity index (χ0n) is 14.7. The molecular weight excluding hydrogens is 308 g/mol. The summed E-state index contributed by atoms with van der Waals surface area (Å²) >= 11 is 0. The highest BCUT2D eigenvalue weighted by molar-refractivity contribution is 5.77. The predicted molar refractivity (Wildman–Crippen MR) is 104 cm³/mol. The maximum Gasteiger partial charge on any atom is 0.203 e. The quantitative estimate of drug-likeness (QED) is 0.715. The van der Waals surface area contributed by atoms with Crippen LogP contribution in [0.1, 0.15) is 18.4 Å². The average molecular weight is 334 g/mol. The number of aromatic nitrogens is 2. The molecule has 2 heterocycles. The lowest BCUT2D eigenvalue weighted by Gasteiger charge is -2.25. The van der Waals surface area contributed by atoms with Gasteiger partial charge in [0, 0.05) is 19.6 Å². The number of likely N-dealkylation sites (tertiary alicyclic amines) is 1. The molecule has 0 spiro atoms. The van der Waals surface area contributed by atoms with Crippen LogP contribution in [-0.2, 0) is 6.42 Å². The number of rotatable bonds is 7. The van der Waals surface area contributed by atoms with Gasteiger partial charge in [0.2, 0.25) is 5.95 Å². The highest BCUT2D eigenvalue weighted by atomic mass is 15.3. The number of H-pyrrole nitrogens is 1. The van der Waals surface area contributed by atoms with Crippen LogP contribution in [0, 0.1) is 0 Å². The van der Waals surface area contributed by atoms with Crippen molar-refractivity contribution in [3.63, 3.8) is 0 Å². The molecule has 1 saturated heterocycles. The Kier molecular flexibility index (Phi) is 4.98. The molecule has 1 N–H and O–H groups in total. The fourth-order valence-electron chi connectivity index (χ4n) is 3.59. The summed E-state index contributed by atoms with van der Waals surface area (Å²) in [6.45, 7) is 5.61. The molecule has 1 aliphatic heterocycles. The van der Waals surface area contributed by atoms with Crippen LogP contribution in [0.2, 0.25) is 0 Å². The van der Waals surface area contributed by atoms with Gasteiger partial charge in [-0.2, -0.15) is 0 Å². The molecule has 0 unspecified atom stereocenters. The zero-order valence-corrected chi connectivity index (χ0v) is 14.7. The third kappa shape index (κ3) is 4.02. The predicted octanol–water partition coefficient (Wildman–Crippen LogP) is 3.71. The number of fused-ring (bicyclic) bond motifs is 1. The van der Waals surface area contributed by atoms with Gasteiger partial charge in [0.05, 0.1) is 11.0 Å². The van der Waals surface area contributed by atoms with Crippen molar-refractivity contribution in [1.82, 2.24) is 14.9 Å². The van der Waals surface area contributed by atoms with Crippen molar-refractivity contribution < 1.29 is 0 Å². The lowest BCUT2D eigenvalue weighted by molar-refractivity contribution is 0.344. The van der Waals surface area contributed by atoms with E-state index in [9.17, 15) is 0 Å². The van der Waals surface area contributed by atoms with Gasteiger partial charge in [-0.3, -0.25) is 0 Å². The van der Waals surface area contributed by atoms with Crippen LogP contribution in [-0.4, -0.2) is 47.6 Å². The van der Waals surface area contributed by atoms with Gasteiger partial charge in [-0.05, 0) is 50.0 Å². The monoisotopic (exact) mass is 334 g/mol. The normalized spacial score (nSPS) is 15.0. The van der Waals surface area contributed by atoms with E-state index in [2.05, 4.69) is 63.3 Å². The molecule has 25 heavy (non-hydrogen) atoms. The third-order valence-electron chi connectivity index (χ3n) is 5.07. The first-order valence-corrected chi connectivity index (χ1v) is 9.34. The number of aromatic amines is 1. The van der Waals surface area contributed by atoms with Crippen molar-refractivity contribution in [2.75, 3.05) is 37.6 Å². The largest absolute Gasteiger partial charge is 0.341 e. The second kappa shape index (κ2) is 7.70. The molecule has 0 amide bonds. The van der Waals surface area contributed by atoms with Crippen LogP contribution in [0.3, 0.4) is 0 Å². The van der Waals surface area contributed by atoms with Crippen LogP contribution >= 0.6 is 0 Å². The highest BCUT2D eigenvalue weighted by Gasteiger charge is 2.16. The molecule has 1 fully saturated rings. The van der Waals surface area contributed by atoms with Crippen LogP contribution in [0.5, 0.6) is 0 Å². The Balaban J connectivity index is 1.49. The number of imidazole rings is 1. The SMILES string of the molecule is c1ccc(CCN(CCN2CCCC2)c2nc3ccccc3[nH]2)cc1. The van der Waals surface area contributed by atoms with Crippen molar-refractivity contribution >= 4 is 17.0 Å². The van der Waals surface area contributed by atoms with Gasteiger partial charge in [-0.15, -0.1) is 0 Å². The Morgan fingerprint density at radius 1 is 0.920 bits per heavy atom. The summed E-state index contributed by atoms with van der Waals surface area (Å²) < 4.78 is 0. The second-order valence-electron chi connectivity index (χ2n) is 6.85. The van der Waals surface area contributed by atoms with E-state index in [4.69, 9.17) is 4.98 Å². The van der Waals surface area contributed by atoms with E-state index in [1.807, 2.05) is 6.07 Å². The molecule has 0 saturated carbocycles. The van der Waals surface area contributed by atoms with Crippen molar-refractivity contribution in [3.8, 4) is 0 Å². The fourth-order valence-corrected chi connectivity index (χ4v) is 3.59. The van der Waals surface area contributed by atoms with E-state index in [1.165, 1.54) is 31.5 Å². The van der Waals surface area contributed by atoms with E-state index in [-0.39, 0.29) is 0 Å². The lowest BCUT2D eigenvalue weighted by Crippen LogP contribution is -2.35. The van der Waals surface area contributed by atoms with Crippen LogP contribution in [0.4, 0.5) is 5.95 Å². The lowest BCUT2D eigenvalue weighted by atomic mass is 10.1. The van der Waals surface area contributed by atoms with Crippen LogP contribution in [0.15, 0.2) is 54.6 Å². The summed E-state index contributed by atoms with van der Waals surface area (Å²) in [4.78, 5) is 13.3. The first kappa shape index (κ1) is 16.2. The molecule has 0 atom stereocenters. The Morgan fingerprint density at radius 2 is 1.68 bits per heavy atom. The minimum absolute atomic E-state index is 0.984. The van der Waals surface area contributed by atoms with E-state index < -0.39 is 0 Å². The van der Waals surface area contributed by atoms with E-state index in [0.29, 0.717) is 0 Å². The van der Waals surface area contributed by atoms with Gasteiger partial charge in [0.15, 0.2) is 0 Å². The van der Waals surface area contributed by atoms with Crippen molar-refractivity contribution in [1.29, 1.82) is 0 Å². The molecule has 0 aliphatic carbocycles. The number of anilines is 1. The highest BCUT2D eigenvalue weighted by Crippen LogP contribution is 2.18. The number of hydrogen-bond acceptors (Lipinski definition) is 3. The first-order valence-electron chi connectivity index (χ1n) is 9.34. The molecular formula is C21H26N4. The fraction of sp³-hybridized carbons (Fsp3) is 0.381. The molecule has 2 aromatic carbocycles. The standard InChI is InChI=1S/C21H26N4/c1-2-8-18(9-3-1)12-15-25(17-16-24-13-6-7-14-24)21-22-19-10-4-5-11-20(19)23-21/h1-5,8-11H,6-7,12-17H2,(H,22,23). The smallest absolute Gasteiger partial charge is 0.203 e. The summed E-state index contributed by atoms with van der Waals surface area (Å²) in [6, 6.07) is 19.0. The topological polar surface area (TPSA) is 35.2 Å². The molecule has 4 nitrogen and oxygen atoms in total. The molecule has 0 bridgehead atoms. The summed E-state index contributed by atoms with van der Waals surface area (Å²) in [7, 11) is 0. The van der Waals surface area contributed by atoms with E-state index >= 15 is 0 Å².